The van der Waals surface area contributed by atoms with Crippen LogP contribution < -0.4 is 14.2 Å². The second kappa shape index (κ2) is 7.92. The molecule has 4 rings (SSSR count). The molecule has 8 heteroatoms. The number of hydrogen-bond donors (Lipinski definition) is 2. The first-order chi connectivity index (χ1) is 13.5. The van der Waals surface area contributed by atoms with Gasteiger partial charge in [-0.1, -0.05) is 30.3 Å². The number of fused-ring (bicyclic) bond motifs is 1. The number of nitrogens with one attached hydrogen (secondary N) is 1. The van der Waals surface area contributed by atoms with Gasteiger partial charge in [0.1, 0.15) is 19.3 Å². The highest BCUT2D eigenvalue weighted by molar-refractivity contribution is 7.89. The summed E-state index contributed by atoms with van der Waals surface area (Å²) in [5.41, 5.74) is 0.799. The van der Waals surface area contributed by atoms with Crippen LogP contribution in [0.4, 0.5) is 0 Å². The largest absolute Gasteiger partial charge is 0.486 e. The van der Waals surface area contributed by atoms with Crippen LogP contribution in [0.1, 0.15) is 21.4 Å². The van der Waals surface area contributed by atoms with Crippen molar-refractivity contribution in [3.63, 3.8) is 0 Å². The second-order valence-electron chi connectivity index (χ2n) is 6.25. The van der Waals surface area contributed by atoms with Crippen molar-refractivity contribution in [2.24, 2.45) is 0 Å². The summed E-state index contributed by atoms with van der Waals surface area (Å²) in [6.07, 6.45) is -0.727. The maximum Gasteiger partial charge on any atom is 0.241 e. The quantitative estimate of drug-likeness (QED) is 0.644. The van der Waals surface area contributed by atoms with Crippen LogP contribution in [0.25, 0.3) is 0 Å². The van der Waals surface area contributed by atoms with Crippen molar-refractivity contribution >= 4 is 21.4 Å². The Balaban J connectivity index is 1.45. The SMILES string of the molecule is O=S(=O)(NCc1ccc([C@@H](O)c2ccccc2)s1)c1ccc2c(c1)OCCO2. The predicted molar refractivity (Wildman–Crippen MR) is 106 cm³/mol. The van der Waals surface area contributed by atoms with Crippen LogP contribution in [0.3, 0.4) is 0 Å². The van der Waals surface area contributed by atoms with Gasteiger partial charge in [0.05, 0.1) is 4.90 Å². The van der Waals surface area contributed by atoms with Gasteiger partial charge in [-0.2, -0.15) is 0 Å². The summed E-state index contributed by atoms with van der Waals surface area (Å²) in [5, 5.41) is 10.5. The number of rotatable bonds is 6. The van der Waals surface area contributed by atoms with Crippen molar-refractivity contribution in [1.29, 1.82) is 0 Å². The lowest BCUT2D eigenvalue weighted by Gasteiger charge is -2.18. The third kappa shape index (κ3) is 4.05. The van der Waals surface area contributed by atoms with E-state index in [2.05, 4.69) is 4.72 Å². The first-order valence-corrected chi connectivity index (χ1v) is 11.0. The maximum atomic E-state index is 12.6. The molecule has 2 N–H and O–H groups in total. The molecule has 1 aromatic heterocycles. The highest BCUT2D eigenvalue weighted by atomic mass is 32.2. The van der Waals surface area contributed by atoms with E-state index in [1.54, 1.807) is 6.07 Å². The summed E-state index contributed by atoms with van der Waals surface area (Å²) in [4.78, 5) is 1.70. The molecule has 2 aromatic carbocycles. The van der Waals surface area contributed by atoms with E-state index < -0.39 is 16.1 Å². The van der Waals surface area contributed by atoms with Gasteiger partial charge >= 0.3 is 0 Å². The molecule has 28 heavy (non-hydrogen) atoms. The molecule has 0 amide bonds. The van der Waals surface area contributed by atoms with Crippen LogP contribution in [0.2, 0.25) is 0 Å². The summed E-state index contributed by atoms with van der Waals surface area (Å²) in [6.45, 7) is 0.988. The van der Waals surface area contributed by atoms with Crippen LogP contribution in [0.5, 0.6) is 11.5 Å². The normalized spacial score (nSPS) is 14.6. The lowest BCUT2D eigenvalue weighted by molar-refractivity contribution is 0.171. The monoisotopic (exact) mass is 417 g/mol. The number of benzene rings is 2. The van der Waals surface area contributed by atoms with Gasteiger partial charge in [0, 0.05) is 22.4 Å². The second-order valence-corrected chi connectivity index (χ2v) is 9.21. The fraction of sp³-hybridized carbons (Fsp3) is 0.200. The Labute approximate surface area is 167 Å². The lowest BCUT2D eigenvalue weighted by Crippen LogP contribution is -2.23. The molecule has 1 aliphatic rings. The molecular formula is C20H19NO5S2. The Morgan fingerprint density at radius 2 is 1.75 bits per heavy atom. The Morgan fingerprint density at radius 1 is 1.00 bits per heavy atom. The summed E-state index contributed by atoms with van der Waals surface area (Å²) in [6, 6.07) is 17.5. The zero-order valence-electron chi connectivity index (χ0n) is 14.9. The fourth-order valence-corrected chi connectivity index (χ4v) is 4.96. The third-order valence-electron chi connectivity index (χ3n) is 4.33. The summed E-state index contributed by atoms with van der Waals surface area (Å²) in [5.74, 6) is 0.974. The minimum absolute atomic E-state index is 0.123. The van der Waals surface area contributed by atoms with Crippen molar-refractivity contribution in [2.45, 2.75) is 17.5 Å². The zero-order valence-corrected chi connectivity index (χ0v) is 16.5. The average Bonchev–Trinajstić information content (AvgIpc) is 3.21. The standard InChI is InChI=1S/C20H19NO5S2/c22-20(14-4-2-1-3-5-14)19-9-6-15(27-19)13-21-28(23,24)16-7-8-17-18(12-16)26-11-10-25-17/h1-9,12,20-22H,10-11,13H2/t20-/m0/s1. The molecule has 146 valence electrons. The van der Waals surface area contributed by atoms with Crippen LogP contribution in [0, 0.1) is 0 Å². The molecule has 6 nitrogen and oxygen atoms in total. The Kier molecular flexibility index (Phi) is 5.36. The van der Waals surface area contributed by atoms with Crippen LogP contribution >= 0.6 is 11.3 Å². The van der Waals surface area contributed by atoms with Crippen molar-refractivity contribution in [1.82, 2.24) is 4.72 Å². The van der Waals surface area contributed by atoms with E-state index in [4.69, 9.17) is 9.47 Å². The van der Waals surface area contributed by atoms with Gasteiger partial charge in [-0.05, 0) is 29.8 Å². The fourth-order valence-electron chi connectivity index (χ4n) is 2.88. The van der Waals surface area contributed by atoms with E-state index in [0.29, 0.717) is 24.7 Å². The molecule has 0 fully saturated rings. The first-order valence-electron chi connectivity index (χ1n) is 8.74. The number of thiophene rings is 1. The molecule has 1 atom stereocenters. The number of hydrogen-bond acceptors (Lipinski definition) is 6. The van der Waals surface area contributed by atoms with Crippen molar-refractivity contribution < 1.29 is 23.0 Å². The highest BCUT2D eigenvalue weighted by Crippen LogP contribution is 2.32. The molecule has 0 spiro atoms. The maximum absolute atomic E-state index is 12.6. The Hall–Kier alpha value is -2.39. The molecule has 0 radical (unpaired) electrons. The summed E-state index contributed by atoms with van der Waals surface area (Å²) in [7, 11) is -3.70. The third-order valence-corrected chi connectivity index (χ3v) is 6.86. The van der Waals surface area contributed by atoms with E-state index in [9.17, 15) is 13.5 Å². The number of aliphatic hydroxyl groups is 1. The number of sulfonamides is 1. The molecule has 0 bridgehead atoms. The Morgan fingerprint density at radius 3 is 2.54 bits per heavy atom. The molecule has 2 heterocycles. The van der Waals surface area contributed by atoms with Crippen LogP contribution in [-0.2, 0) is 16.6 Å². The van der Waals surface area contributed by atoms with Crippen molar-refractivity contribution in [3.8, 4) is 11.5 Å². The molecule has 0 aliphatic carbocycles. The summed E-state index contributed by atoms with van der Waals surface area (Å²) >= 11 is 1.37. The average molecular weight is 418 g/mol. The van der Waals surface area contributed by atoms with E-state index in [0.717, 1.165) is 15.3 Å². The molecule has 0 saturated carbocycles. The van der Waals surface area contributed by atoms with Crippen molar-refractivity contribution in [2.75, 3.05) is 13.2 Å². The molecule has 1 aliphatic heterocycles. The smallest absolute Gasteiger partial charge is 0.241 e. The topological polar surface area (TPSA) is 84.9 Å². The molecule has 0 saturated heterocycles. The molecular weight excluding hydrogens is 398 g/mol. The van der Waals surface area contributed by atoms with Gasteiger partial charge in [0.25, 0.3) is 0 Å². The van der Waals surface area contributed by atoms with Crippen molar-refractivity contribution in [3.05, 3.63) is 76.0 Å². The summed E-state index contributed by atoms with van der Waals surface area (Å²) < 4.78 is 38.7. The minimum Gasteiger partial charge on any atom is -0.486 e. The Bertz CT molecular complexity index is 1060. The van der Waals surface area contributed by atoms with Gasteiger partial charge in [0.2, 0.25) is 10.0 Å². The van der Waals surface area contributed by atoms with E-state index in [1.807, 2.05) is 42.5 Å². The molecule has 0 unspecified atom stereocenters. The van der Waals surface area contributed by atoms with Gasteiger partial charge in [-0.15, -0.1) is 11.3 Å². The lowest BCUT2D eigenvalue weighted by atomic mass is 10.1. The number of aliphatic hydroxyl groups excluding tert-OH is 1. The first kappa shape index (κ1) is 18.9. The van der Waals surface area contributed by atoms with E-state index >= 15 is 0 Å². The minimum atomic E-state index is -3.70. The predicted octanol–water partition coefficient (Wildman–Crippen LogP) is 3.08. The zero-order chi connectivity index (χ0) is 19.6. The van der Waals surface area contributed by atoms with E-state index in [-0.39, 0.29) is 11.4 Å². The van der Waals surface area contributed by atoms with Crippen LogP contribution in [-0.4, -0.2) is 26.7 Å². The van der Waals surface area contributed by atoms with Gasteiger partial charge in [-0.25, -0.2) is 13.1 Å². The molecule has 3 aromatic rings. The van der Waals surface area contributed by atoms with E-state index in [1.165, 1.54) is 23.5 Å². The van der Waals surface area contributed by atoms with Gasteiger partial charge in [-0.3, -0.25) is 0 Å². The highest BCUT2D eigenvalue weighted by Gasteiger charge is 2.20. The van der Waals surface area contributed by atoms with Gasteiger partial charge < -0.3 is 14.6 Å². The van der Waals surface area contributed by atoms with Gasteiger partial charge in [0.15, 0.2) is 11.5 Å². The van der Waals surface area contributed by atoms with Crippen LogP contribution in [0.15, 0.2) is 65.6 Å². The number of ether oxygens (including phenoxy) is 2.